The minimum atomic E-state index is -1.22. The number of halogens is 1. The largest absolute Gasteiger partial charge is 0.494 e. The molecule has 0 bridgehead atoms. The first kappa shape index (κ1) is 30.1. The molecule has 0 aliphatic rings. The van der Waals surface area contributed by atoms with Gasteiger partial charge in [0.2, 0.25) is 0 Å². The molecule has 0 spiro atoms. The molecule has 2 aromatic carbocycles. The summed E-state index contributed by atoms with van der Waals surface area (Å²) in [5, 5.41) is 12.8. The molecule has 10 nitrogen and oxygen atoms in total. The van der Waals surface area contributed by atoms with Gasteiger partial charge in [0.15, 0.2) is 11.9 Å². The van der Waals surface area contributed by atoms with Gasteiger partial charge >= 0.3 is 18.2 Å². The lowest BCUT2D eigenvalue weighted by Crippen LogP contribution is -2.44. The van der Waals surface area contributed by atoms with Gasteiger partial charge in [-0.25, -0.2) is 23.8 Å². The lowest BCUT2D eigenvalue weighted by atomic mass is 10.0. The summed E-state index contributed by atoms with van der Waals surface area (Å²) in [6.07, 6.45) is -0.894. The molecular formula is C29H34FN3O7. The van der Waals surface area contributed by atoms with E-state index < -0.39 is 41.2 Å². The van der Waals surface area contributed by atoms with Crippen LogP contribution in [0.1, 0.15) is 60.1 Å². The number of fused-ring (bicyclic) bond motifs is 1. The van der Waals surface area contributed by atoms with Crippen molar-refractivity contribution in [3.8, 4) is 5.75 Å². The summed E-state index contributed by atoms with van der Waals surface area (Å²) in [4.78, 5) is 43.0. The van der Waals surface area contributed by atoms with Crippen molar-refractivity contribution in [1.29, 1.82) is 0 Å². The highest BCUT2D eigenvalue weighted by Gasteiger charge is 2.35. The third-order valence-electron chi connectivity index (χ3n) is 5.22. The zero-order valence-electron chi connectivity index (χ0n) is 23.6. The predicted molar refractivity (Wildman–Crippen MR) is 148 cm³/mol. The zero-order valence-corrected chi connectivity index (χ0v) is 23.6. The van der Waals surface area contributed by atoms with E-state index in [1.54, 1.807) is 65.8 Å². The van der Waals surface area contributed by atoms with Gasteiger partial charge in [0.05, 0.1) is 12.0 Å². The van der Waals surface area contributed by atoms with Crippen LogP contribution in [0.15, 0.2) is 48.7 Å². The van der Waals surface area contributed by atoms with Crippen LogP contribution in [0.4, 0.5) is 25.5 Å². The number of carbonyl (C=O) groups excluding carboxylic acids is 2. The van der Waals surface area contributed by atoms with Gasteiger partial charge in [-0.05, 0) is 89.7 Å². The first-order valence-corrected chi connectivity index (χ1v) is 12.7. The maximum atomic E-state index is 15.7. The number of hydrogen-bond donors (Lipinski definition) is 2. The first-order valence-electron chi connectivity index (χ1n) is 12.7. The fraction of sp³-hybridized carbons (Fsp3) is 0.379. The van der Waals surface area contributed by atoms with Gasteiger partial charge in [-0.3, -0.25) is 0 Å². The number of carboxylic acid groups (broad SMARTS) is 1. The Morgan fingerprint density at radius 3 is 2.17 bits per heavy atom. The van der Waals surface area contributed by atoms with Crippen LogP contribution in [0.25, 0.3) is 10.8 Å². The van der Waals surface area contributed by atoms with Crippen molar-refractivity contribution < 1.29 is 38.1 Å². The van der Waals surface area contributed by atoms with Gasteiger partial charge in [0.25, 0.3) is 0 Å². The third kappa shape index (κ3) is 7.58. The molecule has 214 valence electrons. The molecule has 0 saturated carbocycles. The van der Waals surface area contributed by atoms with Crippen LogP contribution in [0.3, 0.4) is 0 Å². The van der Waals surface area contributed by atoms with Crippen molar-refractivity contribution >= 4 is 40.4 Å². The second-order valence-corrected chi connectivity index (χ2v) is 10.9. The Kier molecular flexibility index (Phi) is 8.87. The lowest BCUT2D eigenvalue weighted by Gasteiger charge is -2.28. The summed E-state index contributed by atoms with van der Waals surface area (Å²) in [6.45, 7) is 11.9. The zero-order chi connectivity index (χ0) is 29.8. The van der Waals surface area contributed by atoms with Crippen molar-refractivity contribution in [3.05, 3.63) is 60.0 Å². The molecule has 0 fully saturated rings. The number of amides is 2. The SMILES string of the molecule is CCOc1cccc(C(Nc2cc(F)c3c(N(C(=O)OC(C)(C)C)C(=O)OC(C)(C)C)nccc3c2)C(=O)O)c1. The van der Waals surface area contributed by atoms with Gasteiger partial charge < -0.3 is 24.6 Å². The Balaban J connectivity index is 2.08. The Labute approximate surface area is 232 Å². The van der Waals surface area contributed by atoms with Gasteiger partial charge in [-0.1, -0.05) is 12.1 Å². The Morgan fingerprint density at radius 1 is 1.00 bits per heavy atom. The maximum absolute atomic E-state index is 15.7. The average molecular weight is 556 g/mol. The summed E-state index contributed by atoms with van der Waals surface area (Å²) in [5.41, 5.74) is -1.39. The highest BCUT2D eigenvalue weighted by Crippen LogP contribution is 2.33. The minimum Gasteiger partial charge on any atom is -0.494 e. The number of pyridine rings is 1. The molecule has 3 rings (SSSR count). The van der Waals surface area contributed by atoms with Crippen LogP contribution in [-0.4, -0.2) is 46.1 Å². The molecule has 1 atom stereocenters. The van der Waals surface area contributed by atoms with Gasteiger partial charge in [0, 0.05) is 11.9 Å². The molecule has 0 radical (unpaired) electrons. The van der Waals surface area contributed by atoms with Crippen LogP contribution in [-0.2, 0) is 14.3 Å². The van der Waals surface area contributed by atoms with Gasteiger partial charge in [-0.2, -0.15) is 4.90 Å². The normalized spacial score (nSPS) is 12.4. The summed E-state index contributed by atoms with van der Waals surface area (Å²) < 4.78 is 32.0. The van der Waals surface area contributed by atoms with Crippen molar-refractivity contribution in [2.75, 3.05) is 16.8 Å². The maximum Gasteiger partial charge on any atom is 0.425 e. The van der Waals surface area contributed by atoms with E-state index in [4.69, 9.17) is 14.2 Å². The Bertz CT molecular complexity index is 1380. The second kappa shape index (κ2) is 11.8. The molecule has 40 heavy (non-hydrogen) atoms. The predicted octanol–water partition coefficient (Wildman–Crippen LogP) is 6.69. The molecule has 3 aromatic rings. The highest BCUT2D eigenvalue weighted by molar-refractivity contribution is 6.14. The lowest BCUT2D eigenvalue weighted by molar-refractivity contribution is -0.138. The molecule has 0 aliphatic heterocycles. The molecule has 1 aromatic heterocycles. The first-order chi connectivity index (χ1) is 18.6. The van der Waals surface area contributed by atoms with E-state index in [9.17, 15) is 19.5 Å². The van der Waals surface area contributed by atoms with Crippen molar-refractivity contribution in [2.24, 2.45) is 0 Å². The number of hydrogen-bond acceptors (Lipinski definition) is 8. The van der Waals surface area contributed by atoms with Crippen LogP contribution in [0.2, 0.25) is 0 Å². The number of carboxylic acids is 1. The summed E-state index contributed by atoms with van der Waals surface area (Å²) in [7, 11) is 0. The van der Waals surface area contributed by atoms with E-state index in [1.807, 2.05) is 6.92 Å². The summed E-state index contributed by atoms with van der Waals surface area (Å²) in [6, 6.07) is 9.39. The number of benzene rings is 2. The van der Waals surface area contributed by atoms with E-state index in [-0.39, 0.29) is 22.3 Å². The summed E-state index contributed by atoms with van der Waals surface area (Å²) >= 11 is 0. The number of aliphatic carboxylic acids is 1. The molecule has 2 N–H and O–H groups in total. The van der Waals surface area contributed by atoms with Crippen molar-refractivity contribution in [1.82, 2.24) is 4.98 Å². The number of anilines is 2. The average Bonchev–Trinajstić information content (AvgIpc) is 2.80. The molecule has 2 amide bonds. The fourth-order valence-corrected chi connectivity index (χ4v) is 3.77. The Hall–Kier alpha value is -4.41. The smallest absolute Gasteiger partial charge is 0.425 e. The molecule has 1 heterocycles. The van der Waals surface area contributed by atoms with E-state index in [1.165, 1.54) is 18.3 Å². The quantitative estimate of drug-likeness (QED) is 0.328. The van der Waals surface area contributed by atoms with E-state index >= 15 is 4.39 Å². The number of rotatable bonds is 7. The second-order valence-electron chi connectivity index (χ2n) is 10.9. The number of nitrogens with zero attached hydrogens (tertiary/aromatic N) is 2. The number of nitrogens with one attached hydrogen (secondary N) is 1. The highest BCUT2D eigenvalue weighted by atomic mass is 19.1. The molecular weight excluding hydrogens is 521 g/mol. The molecule has 0 aliphatic carbocycles. The molecule has 1 unspecified atom stereocenters. The van der Waals surface area contributed by atoms with Crippen LogP contribution in [0.5, 0.6) is 5.75 Å². The van der Waals surface area contributed by atoms with Crippen LogP contribution in [0, 0.1) is 5.82 Å². The molecule has 11 heteroatoms. The number of aromatic nitrogens is 1. The third-order valence-corrected chi connectivity index (χ3v) is 5.22. The number of imide groups is 1. The Morgan fingerprint density at radius 2 is 1.62 bits per heavy atom. The van der Waals surface area contributed by atoms with E-state index in [2.05, 4.69) is 10.3 Å². The monoisotopic (exact) mass is 555 g/mol. The number of carbonyl (C=O) groups is 3. The van der Waals surface area contributed by atoms with Gasteiger partial charge in [-0.15, -0.1) is 0 Å². The van der Waals surface area contributed by atoms with Crippen LogP contribution < -0.4 is 15.0 Å². The molecule has 0 saturated heterocycles. The van der Waals surface area contributed by atoms with E-state index in [0.717, 1.165) is 6.07 Å². The number of ether oxygens (including phenoxy) is 3. The minimum absolute atomic E-state index is 0.150. The van der Waals surface area contributed by atoms with E-state index in [0.29, 0.717) is 22.8 Å². The van der Waals surface area contributed by atoms with Crippen LogP contribution >= 0.6 is 0 Å². The standard InChI is InChI=1S/C29H34FN3O7/c1-8-38-20-11-9-10-18(15-20)23(25(34)35)32-19-14-17-12-13-31-24(22(17)21(30)16-19)33(26(36)39-28(2,3)4)27(37)40-29(5,6)7/h9-16,23,32H,8H2,1-7H3,(H,34,35). The fourth-order valence-electron chi connectivity index (χ4n) is 3.77. The van der Waals surface area contributed by atoms with Crippen molar-refractivity contribution in [3.63, 3.8) is 0 Å². The topological polar surface area (TPSA) is 127 Å². The summed E-state index contributed by atoms with van der Waals surface area (Å²) in [5.74, 6) is -1.87. The van der Waals surface area contributed by atoms with Gasteiger partial charge in [0.1, 0.15) is 22.8 Å². The van der Waals surface area contributed by atoms with Crippen molar-refractivity contribution in [2.45, 2.75) is 65.7 Å².